The van der Waals surface area contributed by atoms with Crippen LogP contribution in [0.25, 0.3) is 5.76 Å². The van der Waals surface area contributed by atoms with Crippen LogP contribution in [0.15, 0.2) is 96.6 Å². The number of rotatable bonds is 6. The zero-order valence-electron chi connectivity index (χ0n) is 24.4. The number of ether oxygens (including phenoxy) is 1. The van der Waals surface area contributed by atoms with E-state index in [4.69, 9.17) is 16.3 Å². The first-order chi connectivity index (χ1) is 20.0. The Hall–Kier alpha value is -4.35. The third-order valence-electron chi connectivity index (χ3n) is 7.72. The summed E-state index contributed by atoms with van der Waals surface area (Å²) >= 11 is 6.44. The van der Waals surface area contributed by atoms with Crippen LogP contribution in [0.4, 0.5) is 5.69 Å². The van der Waals surface area contributed by atoms with Gasteiger partial charge in [0.15, 0.2) is 0 Å². The molecule has 1 unspecified atom stereocenters. The van der Waals surface area contributed by atoms with Crippen LogP contribution in [-0.2, 0) is 21.6 Å². The Bertz CT molecular complexity index is 1680. The van der Waals surface area contributed by atoms with Gasteiger partial charge in [-0.25, -0.2) is 0 Å². The first-order valence-corrected chi connectivity index (χ1v) is 14.3. The molecule has 1 fully saturated rings. The molecule has 1 heterocycles. The van der Waals surface area contributed by atoms with E-state index in [1.165, 1.54) is 4.90 Å². The Balaban J connectivity index is 1.60. The van der Waals surface area contributed by atoms with Gasteiger partial charge in [-0.2, -0.15) is 0 Å². The summed E-state index contributed by atoms with van der Waals surface area (Å²) in [7, 11) is 0. The van der Waals surface area contributed by atoms with Gasteiger partial charge in [-0.05, 0) is 77.4 Å². The topological polar surface area (TPSA) is 66.8 Å². The first kappa shape index (κ1) is 29.2. The number of aliphatic hydroxyl groups is 1. The molecule has 6 heteroatoms. The number of benzene rings is 4. The molecule has 4 aromatic carbocycles. The maximum absolute atomic E-state index is 13.7. The molecule has 0 spiro atoms. The number of anilines is 1. The molecule has 214 valence electrons. The van der Waals surface area contributed by atoms with Crippen molar-refractivity contribution < 1.29 is 19.4 Å². The van der Waals surface area contributed by atoms with E-state index in [0.717, 1.165) is 16.7 Å². The van der Waals surface area contributed by atoms with Crippen molar-refractivity contribution in [3.05, 3.63) is 135 Å². The Labute approximate surface area is 252 Å². The van der Waals surface area contributed by atoms with E-state index in [-0.39, 0.29) is 16.7 Å². The second-order valence-electron chi connectivity index (χ2n) is 11.7. The number of aryl methyl sites for hydroxylation is 1. The van der Waals surface area contributed by atoms with E-state index in [1.54, 1.807) is 36.4 Å². The number of hydrogen-bond donors (Lipinski definition) is 1. The van der Waals surface area contributed by atoms with Crippen molar-refractivity contribution in [3.63, 3.8) is 0 Å². The first-order valence-electron chi connectivity index (χ1n) is 13.9. The van der Waals surface area contributed by atoms with Gasteiger partial charge in [0.1, 0.15) is 18.1 Å². The maximum Gasteiger partial charge on any atom is 0.300 e. The number of carbonyl (C=O) groups excluding carboxylic acids is 2. The lowest BCUT2D eigenvalue weighted by Crippen LogP contribution is -2.30. The Morgan fingerprint density at radius 2 is 1.60 bits per heavy atom. The number of hydrogen-bond acceptors (Lipinski definition) is 4. The summed E-state index contributed by atoms with van der Waals surface area (Å²) < 4.78 is 6.01. The molecule has 0 saturated carbocycles. The van der Waals surface area contributed by atoms with Crippen LogP contribution in [0.3, 0.4) is 0 Å². The third kappa shape index (κ3) is 5.57. The van der Waals surface area contributed by atoms with Gasteiger partial charge in [0, 0.05) is 16.3 Å². The van der Waals surface area contributed by atoms with Crippen LogP contribution in [0.2, 0.25) is 5.02 Å². The van der Waals surface area contributed by atoms with Crippen molar-refractivity contribution in [1.82, 2.24) is 0 Å². The Morgan fingerprint density at radius 1 is 0.905 bits per heavy atom. The zero-order chi connectivity index (χ0) is 30.2. The molecule has 1 aliphatic heterocycles. The van der Waals surface area contributed by atoms with Crippen LogP contribution in [0.1, 0.15) is 60.2 Å². The quantitative estimate of drug-likeness (QED) is 0.141. The van der Waals surface area contributed by atoms with Crippen LogP contribution < -0.4 is 9.64 Å². The van der Waals surface area contributed by atoms with Crippen LogP contribution in [0, 0.1) is 13.8 Å². The molecule has 0 bridgehead atoms. The number of halogens is 1. The lowest BCUT2D eigenvalue weighted by Gasteiger charge is -2.28. The van der Waals surface area contributed by atoms with E-state index in [0.29, 0.717) is 39.8 Å². The van der Waals surface area contributed by atoms with Gasteiger partial charge in [0.2, 0.25) is 0 Å². The predicted octanol–water partition coefficient (Wildman–Crippen LogP) is 8.46. The van der Waals surface area contributed by atoms with E-state index < -0.39 is 17.7 Å². The summed E-state index contributed by atoms with van der Waals surface area (Å²) in [6.45, 7) is 10.5. The van der Waals surface area contributed by atoms with Crippen molar-refractivity contribution in [2.45, 2.75) is 52.7 Å². The molecular weight excluding hydrogens is 546 g/mol. The lowest BCUT2D eigenvalue weighted by molar-refractivity contribution is -0.132. The molecule has 5 rings (SSSR count). The molecule has 1 atom stereocenters. The molecular formula is C36H34ClNO4. The molecule has 42 heavy (non-hydrogen) atoms. The number of Topliss-reactive ketones (excluding diaryl/α,β-unsaturated/α-hetero) is 1. The molecule has 1 aliphatic rings. The number of amides is 1. The highest BCUT2D eigenvalue weighted by molar-refractivity contribution is 6.52. The minimum atomic E-state index is -0.842. The summed E-state index contributed by atoms with van der Waals surface area (Å²) in [5.74, 6) is -1.04. The van der Waals surface area contributed by atoms with Gasteiger partial charge in [-0.3, -0.25) is 14.5 Å². The Kier molecular flexibility index (Phi) is 7.98. The average Bonchev–Trinajstić information content (AvgIpc) is 3.23. The van der Waals surface area contributed by atoms with Crippen molar-refractivity contribution >= 4 is 34.7 Å². The summed E-state index contributed by atoms with van der Waals surface area (Å²) in [6, 6.07) is 27.4. The average molecular weight is 580 g/mol. The summed E-state index contributed by atoms with van der Waals surface area (Å²) in [5.41, 5.74) is 5.23. The molecule has 1 N–H and O–H groups in total. The van der Waals surface area contributed by atoms with Crippen molar-refractivity contribution in [3.8, 4) is 5.75 Å². The SMILES string of the molecule is Cc1cc(/C(O)=C2\C(=O)C(=O)N(c3cccc(Cl)c3C)C2c2ccc(C(C)(C)C)cc2)ccc1OCc1ccccc1. The zero-order valence-corrected chi connectivity index (χ0v) is 25.2. The fraction of sp³-hybridized carbons (Fsp3) is 0.222. The number of carbonyl (C=O) groups is 2. The minimum Gasteiger partial charge on any atom is -0.507 e. The van der Waals surface area contributed by atoms with Gasteiger partial charge in [0.05, 0.1) is 11.6 Å². The van der Waals surface area contributed by atoms with Crippen molar-refractivity contribution in [1.29, 1.82) is 0 Å². The summed E-state index contributed by atoms with van der Waals surface area (Å²) in [4.78, 5) is 28.7. The highest BCUT2D eigenvalue weighted by Crippen LogP contribution is 2.44. The molecule has 0 radical (unpaired) electrons. The second-order valence-corrected chi connectivity index (χ2v) is 12.1. The highest BCUT2D eigenvalue weighted by atomic mass is 35.5. The van der Waals surface area contributed by atoms with Crippen LogP contribution >= 0.6 is 11.6 Å². The van der Waals surface area contributed by atoms with Gasteiger partial charge in [-0.15, -0.1) is 0 Å². The fourth-order valence-corrected chi connectivity index (χ4v) is 5.44. The molecule has 4 aromatic rings. The fourth-order valence-electron chi connectivity index (χ4n) is 5.27. The largest absolute Gasteiger partial charge is 0.507 e. The van der Waals surface area contributed by atoms with Gasteiger partial charge in [-0.1, -0.05) is 93.0 Å². The second kappa shape index (κ2) is 11.5. The molecule has 5 nitrogen and oxygen atoms in total. The van der Waals surface area contributed by atoms with Crippen molar-refractivity contribution in [2.75, 3.05) is 4.90 Å². The minimum absolute atomic E-state index is 0.0280. The van der Waals surface area contributed by atoms with E-state index in [1.807, 2.05) is 68.4 Å². The molecule has 0 aliphatic carbocycles. The van der Waals surface area contributed by atoms with E-state index in [9.17, 15) is 14.7 Å². The van der Waals surface area contributed by atoms with Gasteiger partial charge >= 0.3 is 0 Å². The Morgan fingerprint density at radius 3 is 2.24 bits per heavy atom. The van der Waals surface area contributed by atoms with Crippen LogP contribution in [0.5, 0.6) is 5.75 Å². The van der Waals surface area contributed by atoms with Gasteiger partial charge in [0.25, 0.3) is 11.7 Å². The standard InChI is InChI=1S/C36H34ClNO4/c1-22-20-26(16-19-30(22)42-21-24-10-7-6-8-11-24)33(39)31-32(25-14-17-27(18-15-25)36(3,4)5)38(35(41)34(31)40)29-13-9-12-28(37)23(29)2/h6-20,32,39H,21H2,1-5H3/b33-31+. The van der Waals surface area contributed by atoms with E-state index in [2.05, 4.69) is 20.8 Å². The lowest BCUT2D eigenvalue weighted by atomic mass is 9.85. The highest BCUT2D eigenvalue weighted by Gasteiger charge is 2.47. The molecule has 1 saturated heterocycles. The summed E-state index contributed by atoms with van der Waals surface area (Å²) in [5, 5.41) is 12.1. The smallest absolute Gasteiger partial charge is 0.300 e. The number of aliphatic hydroxyl groups excluding tert-OH is 1. The predicted molar refractivity (Wildman–Crippen MR) is 168 cm³/mol. The normalized spacial score (nSPS) is 16.6. The van der Waals surface area contributed by atoms with Crippen LogP contribution in [-0.4, -0.2) is 16.8 Å². The monoisotopic (exact) mass is 579 g/mol. The van der Waals surface area contributed by atoms with E-state index >= 15 is 0 Å². The third-order valence-corrected chi connectivity index (χ3v) is 8.13. The number of ketones is 1. The molecule has 0 aromatic heterocycles. The number of nitrogens with zero attached hydrogens (tertiary/aromatic N) is 1. The molecule has 1 amide bonds. The van der Waals surface area contributed by atoms with Gasteiger partial charge < -0.3 is 9.84 Å². The maximum atomic E-state index is 13.7. The summed E-state index contributed by atoms with van der Waals surface area (Å²) in [6.07, 6.45) is 0. The van der Waals surface area contributed by atoms with Crippen molar-refractivity contribution in [2.24, 2.45) is 0 Å².